The van der Waals surface area contributed by atoms with E-state index in [0.717, 1.165) is 24.1 Å². The zero-order valence-corrected chi connectivity index (χ0v) is 17.2. The van der Waals surface area contributed by atoms with Crippen molar-refractivity contribution in [3.63, 3.8) is 0 Å². The summed E-state index contributed by atoms with van der Waals surface area (Å²) in [5, 5.41) is 0.520. The number of hydrogen-bond acceptors (Lipinski definition) is 4. The van der Waals surface area contributed by atoms with Crippen LogP contribution in [0.1, 0.15) is 18.1 Å². The van der Waals surface area contributed by atoms with Crippen LogP contribution in [-0.4, -0.2) is 25.5 Å². The first-order valence-corrected chi connectivity index (χ1v) is 10.1. The van der Waals surface area contributed by atoms with E-state index in [1.165, 1.54) is 0 Å². The maximum atomic E-state index is 12.8. The highest BCUT2D eigenvalue weighted by Crippen LogP contribution is 2.28. The fourth-order valence-corrected chi connectivity index (χ4v) is 3.45. The number of nitrogens with zero attached hydrogens (tertiary/aromatic N) is 1. The lowest BCUT2D eigenvalue weighted by molar-refractivity contribution is 0.179. The highest BCUT2D eigenvalue weighted by Gasteiger charge is 2.15. The van der Waals surface area contributed by atoms with Crippen molar-refractivity contribution in [1.29, 1.82) is 0 Å². The summed E-state index contributed by atoms with van der Waals surface area (Å²) in [5.74, 6) is 1.23. The van der Waals surface area contributed by atoms with Crippen LogP contribution in [0.5, 0.6) is 5.75 Å². The molecule has 4 nitrogen and oxygen atoms in total. The molecule has 152 valence electrons. The summed E-state index contributed by atoms with van der Waals surface area (Å²) in [6.45, 7) is 0.899. The van der Waals surface area contributed by atoms with E-state index < -0.39 is 0 Å². The van der Waals surface area contributed by atoms with Gasteiger partial charge in [0.1, 0.15) is 23.2 Å². The quantitative estimate of drug-likeness (QED) is 0.410. The zero-order chi connectivity index (χ0) is 20.9. The molecule has 1 heterocycles. The molecule has 4 aromatic rings. The van der Waals surface area contributed by atoms with Crippen molar-refractivity contribution in [2.75, 3.05) is 20.6 Å². The third kappa shape index (κ3) is 4.61. The summed E-state index contributed by atoms with van der Waals surface area (Å²) in [7, 11) is 4.10. The Bertz CT molecular complexity index is 1170. The molecule has 0 aliphatic carbocycles. The van der Waals surface area contributed by atoms with Crippen molar-refractivity contribution in [2.45, 2.75) is 12.5 Å². The molecule has 0 bridgehead atoms. The van der Waals surface area contributed by atoms with Crippen LogP contribution in [-0.2, 0) is 0 Å². The van der Waals surface area contributed by atoms with Crippen molar-refractivity contribution in [3.05, 3.63) is 101 Å². The van der Waals surface area contributed by atoms with Gasteiger partial charge in [0, 0.05) is 24.6 Å². The molecule has 0 spiro atoms. The predicted octanol–water partition coefficient (Wildman–Crippen LogP) is 5.53. The van der Waals surface area contributed by atoms with Crippen LogP contribution in [0.3, 0.4) is 0 Å². The van der Waals surface area contributed by atoms with E-state index in [1.54, 1.807) is 12.1 Å². The molecular weight excluding hydrogens is 374 g/mol. The van der Waals surface area contributed by atoms with Gasteiger partial charge in [0.15, 0.2) is 5.43 Å². The van der Waals surface area contributed by atoms with Gasteiger partial charge in [0.05, 0.1) is 5.39 Å². The molecule has 0 radical (unpaired) electrons. The maximum absolute atomic E-state index is 12.8. The average molecular weight is 399 g/mol. The third-order valence-electron chi connectivity index (χ3n) is 5.05. The Morgan fingerprint density at radius 2 is 1.60 bits per heavy atom. The van der Waals surface area contributed by atoms with E-state index in [9.17, 15) is 4.79 Å². The predicted molar refractivity (Wildman–Crippen MR) is 121 cm³/mol. The Morgan fingerprint density at radius 3 is 2.30 bits per heavy atom. The van der Waals surface area contributed by atoms with E-state index in [1.807, 2.05) is 74.8 Å². The SMILES string of the molecule is CN(C)CC[C@H](Oc1ccc2oc(-c3ccccc3)cc(=O)c2c1)c1ccccc1. The molecule has 0 amide bonds. The van der Waals surface area contributed by atoms with Crippen molar-refractivity contribution in [1.82, 2.24) is 4.90 Å². The minimum Gasteiger partial charge on any atom is -0.486 e. The van der Waals surface area contributed by atoms with Crippen LogP contribution in [0.25, 0.3) is 22.3 Å². The van der Waals surface area contributed by atoms with Gasteiger partial charge in [-0.3, -0.25) is 4.79 Å². The fraction of sp³-hybridized carbons (Fsp3) is 0.192. The van der Waals surface area contributed by atoms with Crippen molar-refractivity contribution >= 4 is 11.0 Å². The second kappa shape index (κ2) is 8.97. The van der Waals surface area contributed by atoms with E-state index in [0.29, 0.717) is 22.5 Å². The lowest BCUT2D eigenvalue weighted by atomic mass is 10.1. The van der Waals surface area contributed by atoms with E-state index in [-0.39, 0.29) is 11.5 Å². The monoisotopic (exact) mass is 399 g/mol. The van der Waals surface area contributed by atoms with Crippen molar-refractivity contribution < 1.29 is 9.15 Å². The van der Waals surface area contributed by atoms with E-state index >= 15 is 0 Å². The van der Waals surface area contributed by atoms with Gasteiger partial charge < -0.3 is 14.1 Å². The minimum atomic E-state index is -0.0957. The molecule has 30 heavy (non-hydrogen) atoms. The maximum Gasteiger partial charge on any atom is 0.193 e. The first kappa shape index (κ1) is 19.9. The smallest absolute Gasteiger partial charge is 0.193 e. The third-order valence-corrected chi connectivity index (χ3v) is 5.05. The van der Waals surface area contributed by atoms with Gasteiger partial charge in [0.2, 0.25) is 0 Å². The zero-order valence-electron chi connectivity index (χ0n) is 17.2. The number of fused-ring (bicyclic) bond motifs is 1. The summed E-state index contributed by atoms with van der Waals surface area (Å²) in [5.41, 5.74) is 2.47. The molecule has 4 rings (SSSR count). The number of benzene rings is 3. The second-order valence-corrected chi connectivity index (χ2v) is 7.61. The van der Waals surface area contributed by atoms with Gasteiger partial charge >= 0.3 is 0 Å². The summed E-state index contributed by atoms with van der Waals surface area (Å²) >= 11 is 0. The minimum absolute atomic E-state index is 0.0786. The second-order valence-electron chi connectivity index (χ2n) is 7.61. The van der Waals surface area contributed by atoms with Crippen LogP contribution in [0.15, 0.2) is 94.1 Å². The fourth-order valence-electron chi connectivity index (χ4n) is 3.45. The molecule has 1 atom stereocenters. The van der Waals surface area contributed by atoms with Crippen molar-refractivity contribution in [3.8, 4) is 17.1 Å². The Hall–Kier alpha value is -3.37. The molecule has 0 aliphatic rings. The molecule has 0 fully saturated rings. The number of hydrogen-bond donors (Lipinski definition) is 0. The van der Waals surface area contributed by atoms with Gasteiger partial charge in [-0.2, -0.15) is 0 Å². The molecule has 0 aliphatic heterocycles. The van der Waals surface area contributed by atoms with Crippen LogP contribution in [0.2, 0.25) is 0 Å². The van der Waals surface area contributed by atoms with Crippen LogP contribution < -0.4 is 10.2 Å². The van der Waals surface area contributed by atoms with Gasteiger partial charge in [0.25, 0.3) is 0 Å². The summed E-state index contributed by atoms with van der Waals surface area (Å²) < 4.78 is 12.3. The molecule has 0 N–H and O–H groups in total. The Labute approximate surface area is 176 Å². The first-order valence-electron chi connectivity index (χ1n) is 10.1. The van der Waals surface area contributed by atoms with Gasteiger partial charge in [-0.05, 0) is 37.9 Å². The summed E-state index contributed by atoms with van der Waals surface area (Å²) in [4.78, 5) is 14.9. The Morgan fingerprint density at radius 1 is 0.900 bits per heavy atom. The van der Waals surface area contributed by atoms with Gasteiger partial charge in [-0.25, -0.2) is 0 Å². The molecule has 1 aromatic heterocycles. The van der Waals surface area contributed by atoms with E-state index in [4.69, 9.17) is 9.15 Å². The Balaban J connectivity index is 1.65. The Kier molecular flexibility index (Phi) is 5.96. The lowest BCUT2D eigenvalue weighted by Gasteiger charge is -2.21. The van der Waals surface area contributed by atoms with Gasteiger partial charge in [-0.1, -0.05) is 60.7 Å². The lowest BCUT2D eigenvalue weighted by Crippen LogP contribution is -2.18. The number of ether oxygens (including phenoxy) is 1. The van der Waals surface area contributed by atoms with Crippen LogP contribution >= 0.6 is 0 Å². The largest absolute Gasteiger partial charge is 0.486 e. The van der Waals surface area contributed by atoms with Crippen LogP contribution in [0, 0.1) is 0 Å². The topological polar surface area (TPSA) is 42.7 Å². The summed E-state index contributed by atoms with van der Waals surface area (Å²) in [6, 6.07) is 26.8. The van der Waals surface area contributed by atoms with Gasteiger partial charge in [-0.15, -0.1) is 0 Å². The average Bonchev–Trinajstić information content (AvgIpc) is 2.78. The first-order chi connectivity index (χ1) is 14.6. The summed E-state index contributed by atoms with van der Waals surface area (Å²) in [6.07, 6.45) is 0.748. The molecule has 0 unspecified atom stereocenters. The number of rotatable bonds is 7. The molecule has 4 heteroatoms. The normalized spacial score (nSPS) is 12.2. The van der Waals surface area contributed by atoms with E-state index in [2.05, 4.69) is 17.0 Å². The molecular formula is C26H25NO3. The highest BCUT2D eigenvalue weighted by atomic mass is 16.5. The molecule has 3 aromatic carbocycles. The molecule has 0 saturated carbocycles. The van der Waals surface area contributed by atoms with Crippen molar-refractivity contribution in [2.24, 2.45) is 0 Å². The molecule has 0 saturated heterocycles. The highest BCUT2D eigenvalue weighted by molar-refractivity contribution is 5.80. The standard InChI is InChI=1S/C26H25NO3/c1-27(2)16-15-24(19-9-5-3-6-10-19)29-21-13-14-25-22(17-21)23(28)18-26(30-25)20-11-7-4-8-12-20/h3-14,17-18,24H,15-16H2,1-2H3/t24-/m0/s1. The van der Waals surface area contributed by atoms with Crippen LogP contribution in [0.4, 0.5) is 0 Å².